The van der Waals surface area contributed by atoms with E-state index in [4.69, 9.17) is 4.74 Å². The summed E-state index contributed by atoms with van der Waals surface area (Å²) >= 11 is 2.11. The summed E-state index contributed by atoms with van der Waals surface area (Å²) in [7, 11) is 3.71. The van der Waals surface area contributed by atoms with E-state index in [1.807, 2.05) is 7.05 Å². The highest BCUT2D eigenvalue weighted by Gasteiger charge is 2.38. The highest BCUT2D eigenvalue weighted by molar-refractivity contribution is 7.99. The molecule has 2 saturated heterocycles. The Morgan fingerprint density at radius 3 is 2.48 bits per heavy atom. The maximum atomic E-state index is 5.18. The largest absolute Gasteiger partial charge is 0.385 e. The number of thioether (sulfide) groups is 1. The van der Waals surface area contributed by atoms with Crippen molar-refractivity contribution in [3.63, 3.8) is 0 Å². The SMILES string of the molecule is CN=C(NCC1(N2CCSCC2)CCCCC1)NC1CCN(CCCOC)CC1. The molecule has 0 aromatic heterocycles. The minimum atomic E-state index is 0.335. The van der Waals surface area contributed by atoms with Gasteiger partial charge in [0.2, 0.25) is 0 Å². The van der Waals surface area contributed by atoms with E-state index in [1.165, 1.54) is 82.6 Å². The Bertz CT molecular complexity index is 484. The highest BCUT2D eigenvalue weighted by atomic mass is 32.2. The lowest BCUT2D eigenvalue weighted by Gasteiger charge is -2.48. The number of hydrogen-bond donors (Lipinski definition) is 2. The molecule has 168 valence electrons. The Kier molecular flexibility index (Phi) is 9.89. The van der Waals surface area contributed by atoms with Crippen LogP contribution in [0.4, 0.5) is 0 Å². The van der Waals surface area contributed by atoms with Gasteiger partial charge in [0.05, 0.1) is 0 Å². The van der Waals surface area contributed by atoms with Crippen molar-refractivity contribution < 1.29 is 4.74 Å². The number of nitrogens with one attached hydrogen (secondary N) is 2. The zero-order chi connectivity index (χ0) is 20.4. The molecule has 0 atom stereocenters. The molecule has 3 rings (SSSR count). The predicted molar refractivity (Wildman–Crippen MR) is 125 cm³/mol. The molecule has 29 heavy (non-hydrogen) atoms. The predicted octanol–water partition coefficient (Wildman–Crippen LogP) is 2.40. The molecule has 0 spiro atoms. The standard InChI is InChI=1S/C22H43N5OS/c1-23-21(25-20-7-12-26(13-8-20)11-6-16-28-2)24-19-22(9-4-3-5-10-22)27-14-17-29-18-15-27/h20H,3-19H2,1-2H3,(H2,23,24,25). The van der Waals surface area contributed by atoms with Gasteiger partial charge in [-0.15, -0.1) is 0 Å². The van der Waals surface area contributed by atoms with Crippen molar-refractivity contribution in [3.05, 3.63) is 0 Å². The van der Waals surface area contributed by atoms with Crippen molar-refractivity contribution in [3.8, 4) is 0 Å². The third-order valence-electron chi connectivity index (χ3n) is 7.03. The zero-order valence-corrected chi connectivity index (χ0v) is 19.6. The van der Waals surface area contributed by atoms with Gasteiger partial charge in [-0.05, 0) is 32.1 Å². The van der Waals surface area contributed by atoms with E-state index < -0.39 is 0 Å². The van der Waals surface area contributed by atoms with Gasteiger partial charge >= 0.3 is 0 Å². The van der Waals surface area contributed by atoms with Crippen LogP contribution < -0.4 is 10.6 Å². The number of nitrogens with zero attached hydrogens (tertiary/aromatic N) is 3. The number of ether oxygens (including phenoxy) is 1. The van der Waals surface area contributed by atoms with Gasteiger partial charge in [0.15, 0.2) is 5.96 Å². The van der Waals surface area contributed by atoms with E-state index in [2.05, 4.69) is 37.2 Å². The van der Waals surface area contributed by atoms with Gasteiger partial charge < -0.3 is 20.3 Å². The molecular weight excluding hydrogens is 382 g/mol. The van der Waals surface area contributed by atoms with Crippen LogP contribution in [0, 0.1) is 0 Å². The molecule has 0 radical (unpaired) electrons. The molecule has 1 saturated carbocycles. The van der Waals surface area contributed by atoms with E-state index in [9.17, 15) is 0 Å². The topological polar surface area (TPSA) is 52.1 Å². The third kappa shape index (κ3) is 7.01. The van der Waals surface area contributed by atoms with Crippen molar-refractivity contribution in [2.75, 3.05) is 71.5 Å². The molecule has 0 aromatic rings. The van der Waals surface area contributed by atoms with E-state index in [1.54, 1.807) is 7.11 Å². The number of hydrogen-bond acceptors (Lipinski definition) is 5. The first-order valence-corrected chi connectivity index (χ1v) is 12.9. The number of likely N-dealkylation sites (tertiary alicyclic amines) is 1. The van der Waals surface area contributed by atoms with Crippen LogP contribution in [0.25, 0.3) is 0 Å². The Hall–Kier alpha value is -0.500. The molecule has 0 amide bonds. The smallest absolute Gasteiger partial charge is 0.191 e. The molecule has 1 aliphatic carbocycles. The molecule has 3 fully saturated rings. The molecular formula is C22H43N5OS. The van der Waals surface area contributed by atoms with E-state index in [-0.39, 0.29) is 0 Å². The first-order valence-electron chi connectivity index (χ1n) is 11.8. The summed E-state index contributed by atoms with van der Waals surface area (Å²) in [5.74, 6) is 3.58. The molecule has 0 unspecified atom stereocenters. The van der Waals surface area contributed by atoms with Gasteiger partial charge in [0.1, 0.15) is 0 Å². The Labute approximate surface area is 182 Å². The van der Waals surface area contributed by atoms with Gasteiger partial charge in [0, 0.05) is 83.1 Å². The second kappa shape index (κ2) is 12.4. The average molecular weight is 426 g/mol. The quantitative estimate of drug-likeness (QED) is 0.354. The monoisotopic (exact) mass is 425 g/mol. The minimum absolute atomic E-state index is 0.335. The average Bonchev–Trinajstić information content (AvgIpc) is 2.79. The number of piperidine rings is 1. The van der Waals surface area contributed by atoms with Crippen molar-refractivity contribution in [1.29, 1.82) is 0 Å². The number of rotatable bonds is 8. The lowest BCUT2D eigenvalue weighted by atomic mass is 9.80. The molecule has 0 bridgehead atoms. The summed E-state index contributed by atoms with van der Waals surface area (Å²) in [5.41, 5.74) is 0.335. The van der Waals surface area contributed by atoms with Crippen LogP contribution in [0.1, 0.15) is 51.4 Å². The Morgan fingerprint density at radius 1 is 1.10 bits per heavy atom. The van der Waals surface area contributed by atoms with Gasteiger partial charge in [-0.2, -0.15) is 11.8 Å². The van der Waals surface area contributed by atoms with Gasteiger partial charge in [-0.3, -0.25) is 9.89 Å². The second-order valence-corrected chi connectivity index (χ2v) is 10.1. The summed E-state index contributed by atoms with van der Waals surface area (Å²) in [6, 6.07) is 0.536. The van der Waals surface area contributed by atoms with E-state index in [0.717, 1.165) is 32.1 Å². The highest BCUT2D eigenvalue weighted by Crippen LogP contribution is 2.34. The Balaban J connectivity index is 1.45. The zero-order valence-electron chi connectivity index (χ0n) is 18.8. The van der Waals surface area contributed by atoms with Gasteiger partial charge in [-0.1, -0.05) is 19.3 Å². The molecule has 3 aliphatic rings. The van der Waals surface area contributed by atoms with Crippen LogP contribution in [-0.4, -0.2) is 98.9 Å². The Morgan fingerprint density at radius 2 is 1.83 bits per heavy atom. The summed E-state index contributed by atoms with van der Waals surface area (Å²) in [5, 5.41) is 7.46. The van der Waals surface area contributed by atoms with Crippen LogP contribution in [0.2, 0.25) is 0 Å². The van der Waals surface area contributed by atoms with Crippen molar-refractivity contribution in [1.82, 2.24) is 20.4 Å². The summed E-state index contributed by atoms with van der Waals surface area (Å²) in [4.78, 5) is 9.93. The fraction of sp³-hybridized carbons (Fsp3) is 0.955. The van der Waals surface area contributed by atoms with Crippen LogP contribution in [0.15, 0.2) is 4.99 Å². The normalized spacial score (nSPS) is 25.1. The summed E-state index contributed by atoms with van der Waals surface area (Å²) in [6.45, 7) is 7.91. The number of aliphatic imine (C=N–C) groups is 1. The fourth-order valence-corrected chi connectivity index (χ4v) is 6.13. The molecule has 0 aromatic carbocycles. The number of methoxy groups -OCH3 is 1. The lowest BCUT2D eigenvalue weighted by molar-refractivity contribution is 0.0625. The van der Waals surface area contributed by atoms with E-state index in [0.29, 0.717) is 11.6 Å². The maximum Gasteiger partial charge on any atom is 0.191 e. The maximum absolute atomic E-state index is 5.18. The van der Waals surface area contributed by atoms with Gasteiger partial charge in [-0.25, -0.2) is 0 Å². The molecule has 6 nitrogen and oxygen atoms in total. The molecule has 2 aliphatic heterocycles. The molecule has 2 heterocycles. The lowest BCUT2D eigenvalue weighted by Crippen LogP contribution is -2.60. The van der Waals surface area contributed by atoms with Gasteiger partial charge in [0.25, 0.3) is 0 Å². The van der Waals surface area contributed by atoms with Crippen LogP contribution in [-0.2, 0) is 4.74 Å². The first kappa shape index (κ1) is 23.2. The van der Waals surface area contributed by atoms with Crippen molar-refractivity contribution in [2.24, 2.45) is 4.99 Å². The van der Waals surface area contributed by atoms with Crippen molar-refractivity contribution in [2.45, 2.75) is 62.9 Å². The minimum Gasteiger partial charge on any atom is -0.385 e. The van der Waals surface area contributed by atoms with Crippen LogP contribution in [0.5, 0.6) is 0 Å². The van der Waals surface area contributed by atoms with Crippen LogP contribution in [0.3, 0.4) is 0 Å². The molecule has 7 heteroatoms. The summed E-state index contributed by atoms with van der Waals surface area (Å²) in [6.07, 6.45) is 10.3. The fourth-order valence-electron chi connectivity index (χ4n) is 5.22. The van der Waals surface area contributed by atoms with Crippen molar-refractivity contribution >= 4 is 17.7 Å². The van der Waals surface area contributed by atoms with E-state index >= 15 is 0 Å². The second-order valence-electron chi connectivity index (χ2n) is 8.92. The van der Waals surface area contributed by atoms with Crippen LogP contribution >= 0.6 is 11.8 Å². The first-order chi connectivity index (χ1) is 14.3. The molecule has 2 N–H and O–H groups in total. The third-order valence-corrected chi connectivity index (χ3v) is 7.97. The summed E-state index contributed by atoms with van der Waals surface area (Å²) < 4.78 is 5.18. The number of guanidine groups is 1.